The van der Waals surface area contributed by atoms with Crippen LogP contribution in [0.25, 0.3) is 0 Å². The molecule has 1 aromatic carbocycles. The van der Waals surface area contributed by atoms with Gasteiger partial charge >= 0.3 is 5.97 Å². The van der Waals surface area contributed by atoms with Gasteiger partial charge in [-0.1, -0.05) is 0 Å². The predicted molar refractivity (Wildman–Crippen MR) is 74.2 cm³/mol. The van der Waals surface area contributed by atoms with E-state index in [1.165, 1.54) is 28.6 Å². The fourth-order valence-corrected chi connectivity index (χ4v) is 3.72. The van der Waals surface area contributed by atoms with Gasteiger partial charge in [-0.25, -0.2) is 13.2 Å². The Labute approximate surface area is 118 Å². The van der Waals surface area contributed by atoms with Gasteiger partial charge in [0, 0.05) is 13.1 Å². The molecule has 20 heavy (non-hydrogen) atoms. The number of hydrogen-bond donors (Lipinski definition) is 2. The zero-order valence-electron chi connectivity index (χ0n) is 11.2. The summed E-state index contributed by atoms with van der Waals surface area (Å²) in [5.41, 5.74) is 0.0773. The maximum atomic E-state index is 12.5. The molecule has 1 aliphatic heterocycles. The summed E-state index contributed by atoms with van der Waals surface area (Å²) in [6, 6.07) is 5.30. The van der Waals surface area contributed by atoms with Crippen molar-refractivity contribution in [2.24, 2.45) is 0 Å². The molecular formula is C13H18N2O4S. The number of nitrogens with zero attached hydrogens (tertiary/aromatic N) is 1. The highest BCUT2D eigenvalue weighted by Crippen LogP contribution is 2.21. The van der Waals surface area contributed by atoms with Crippen molar-refractivity contribution in [3.05, 3.63) is 29.8 Å². The molecule has 110 valence electrons. The Morgan fingerprint density at radius 3 is 2.30 bits per heavy atom. The maximum absolute atomic E-state index is 12.5. The minimum atomic E-state index is -3.57. The monoisotopic (exact) mass is 298 g/mol. The number of aromatic carboxylic acids is 1. The standard InChI is InChI=1S/C13H18N2O4S/c1-15(11-6-8-14-9-7-11)20(18,19)12-4-2-10(3-5-12)13(16)17/h2-5,11,14H,6-9H2,1H3,(H,16,17). The number of carbonyl (C=O) groups is 1. The summed E-state index contributed by atoms with van der Waals surface area (Å²) in [6.07, 6.45) is 1.56. The van der Waals surface area contributed by atoms with Crippen LogP contribution < -0.4 is 5.32 Å². The lowest BCUT2D eigenvalue weighted by atomic mass is 10.1. The van der Waals surface area contributed by atoms with Crippen LogP contribution in [0.5, 0.6) is 0 Å². The van der Waals surface area contributed by atoms with Crippen molar-refractivity contribution in [1.82, 2.24) is 9.62 Å². The van der Waals surface area contributed by atoms with Gasteiger partial charge in [0.2, 0.25) is 10.0 Å². The molecule has 0 atom stereocenters. The van der Waals surface area contributed by atoms with Gasteiger partial charge < -0.3 is 10.4 Å². The topological polar surface area (TPSA) is 86.7 Å². The highest BCUT2D eigenvalue weighted by Gasteiger charge is 2.28. The Kier molecular flexibility index (Phi) is 4.42. The van der Waals surface area contributed by atoms with Crippen LogP contribution in [-0.2, 0) is 10.0 Å². The lowest BCUT2D eigenvalue weighted by molar-refractivity contribution is 0.0696. The maximum Gasteiger partial charge on any atom is 0.335 e. The third kappa shape index (κ3) is 3.00. The summed E-state index contributed by atoms with van der Waals surface area (Å²) in [5, 5.41) is 12.0. The quantitative estimate of drug-likeness (QED) is 0.857. The third-order valence-corrected chi connectivity index (χ3v) is 5.53. The number of carboxylic acids is 1. The SMILES string of the molecule is CN(C1CCNCC1)S(=O)(=O)c1ccc(C(=O)O)cc1. The second-order valence-electron chi connectivity index (χ2n) is 4.83. The van der Waals surface area contributed by atoms with Crippen molar-refractivity contribution in [3.63, 3.8) is 0 Å². The van der Waals surface area contributed by atoms with Crippen LogP contribution in [0.2, 0.25) is 0 Å². The van der Waals surface area contributed by atoms with Crippen LogP contribution in [0.15, 0.2) is 29.2 Å². The van der Waals surface area contributed by atoms with E-state index in [9.17, 15) is 13.2 Å². The van der Waals surface area contributed by atoms with Crippen LogP contribution >= 0.6 is 0 Å². The summed E-state index contributed by atoms with van der Waals surface area (Å²) in [7, 11) is -1.99. The van der Waals surface area contributed by atoms with Gasteiger partial charge in [-0.15, -0.1) is 0 Å². The Morgan fingerprint density at radius 2 is 1.80 bits per heavy atom. The zero-order chi connectivity index (χ0) is 14.8. The lowest BCUT2D eigenvalue weighted by Crippen LogP contribution is -2.43. The molecule has 0 unspecified atom stereocenters. The fourth-order valence-electron chi connectivity index (χ4n) is 2.30. The Bertz CT molecular complexity index is 577. The molecule has 0 radical (unpaired) electrons. The Balaban J connectivity index is 2.22. The van der Waals surface area contributed by atoms with Gasteiger partial charge in [-0.05, 0) is 50.2 Å². The van der Waals surface area contributed by atoms with Crippen molar-refractivity contribution in [1.29, 1.82) is 0 Å². The molecule has 1 heterocycles. The molecule has 0 aliphatic carbocycles. The minimum Gasteiger partial charge on any atom is -0.478 e. The molecular weight excluding hydrogens is 280 g/mol. The number of hydrogen-bond acceptors (Lipinski definition) is 4. The van der Waals surface area contributed by atoms with Crippen molar-refractivity contribution in [3.8, 4) is 0 Å². The summed E-state index contributed by atoms with van der Waals surface area (Å²) in [4.78, 5) is 10.9. The van der Waals surface area contributed by atoms with E-state index in [-0.39, 0.29) is 16.5 Å². The first-order valence-electron chi connectivity index (χ1n) is 6.45. The van der Waals surface area contributed by atoms with Gasteiger partial charge in [0.25, 0.3) is 0 Å². The van der Waals surface area contributed by atoms with Gasteiger partial charge in [-0.2, -0.15) is 4.31 Å². The number of benzene rings is 1. The molecule has 0 spiro atoms. The third-order valence-electron chi connectivity index (χ3n) is 3.60. The number of piperidine rings is 1. The van der Waals surface area contributed by atoms with E-state index in [1.807, 2.05) is 0 Å². The molecule has 1 saturated heterocycles. The number of sulfonamides is 1. The lowest BCUT2D eigenvalue weighted by Gasteiger charge is -2.30. The van der Waals surface area contributed by atoms with Gasteiger partial charge in [0.05, 0.1) is 10.5 Å². The van der Waals surface area contributed by atoms with Crippen LogP contribution in [0.3, 0.4) is 0 Å². The second-order valence-corrected chi connectivity index (χ2v) is 6.83. The van der Waals surface area contributed by atoms with Crippen LogP contribution in [0.1, 0.15) is 23.2 Å². The van der Waals surface area contributed by atoms with E-state index in [0.717, 1.165) is 25.9 Å². The summed E-state index contributed by atoms with van der Waals surface area (Å²) in [6.45, 7) is 1.62. The molecule has 0 bridgehead atoms. The zero-order valence-corrected chi connectivity index (χ0v) is 12.1. The summed E-state index contributed by atoms with van der Waals surface area (Å²) < 4.78 is 26.3. The smallest absolute Gasteiger partial charge is 0.335 e. The van der Waals surface area contributed by atoms with Crippen molar-refractivity contribution >= 4 is 16.0 Å². The Morgan fingerprint density at radius 1 is 1.25 bits per heavy atom. The van der Waals surface area contributed by atoms with Crippen LogP contribution in [0, 0.1) is 0 Å². The van der Waals surface area contributed by atoms with E-state index in [1.54, 1.807) is 7.05 Å². The van der Waals surface area contributed by atoms with Crippen LogP contribution in [-0.4, -0.2) is 50.0 Å². The molecule has 0 aromatic heterocycles. The molecule has 1 aliphatic rings. The van der Waals surface area contributed by atoms with E-state index < -0.39 is 16.0 Å². The highest BCUT2D eigenvalue weighted by atomic mass is 32.2. The fraction of sp³-hybridized carbons (Fsp3) is 0.462. The molecule has 1 aromatic rings. The van der Waals surface area contributed by atoms with Crippen LogP contribution in [0.4, 0.5) is 0 Å². The molecule has 0 amide bonds. The first kappa shape index (κ1) is 15.0. The largest absolute Gasteiger partial charge is 0.478 e. The van der Waals surface area contributed by atoms with Crippen molar-refractivity contribution < 1.29 is 18.3 Å². The second kappa shape index (κ2) is 5.90. The van der Waals surface area contributed by atoms with E-state index in [2.05, 4.69) is 5.32 Å². The molecule has 2 N–H and O–H groups in total. The molecule has 1 fully saturated rings. The average molecular weight is 298 g/mol. The van der Waals surface area contributed by atoms with Gasteiger partial charge in [0.15, 0.2) is 0 Å². The summed E-state index contributed by atoms with van der Waals surface area (Å²) in [5.74, 6) is -1.07. The van der Waals surface area contributed by atoms with E-state index >= 15 is 0 Å². The first-order valence-corrected chi connectivity index (χ1v) is 7.89. The van der Waals surface area contributed by atoms with Crippen molar-refractivity contribution in [2.45, 2.75) is 23.8 Å². The summed E-state index contributed by atoms with van der Waals surface area (Å²) >= 11 is 0. The first-order chi connectivity index (χ1) is 9.43. The highest BCUT2D eigenvalue weighted by molar-refractivity contribution is 7.89. The minimum absolute atomic E-state index is 0.0135. The molecule has 0 saturated carbocycles. The van der Waals surface area contributed by atoms with Gasteiger partial charge in [0.1, 0.15) is 0 Å². The Hall–Kier alpha value is -1.44. The number of rotatable bonds is 4. The average Bonchev–Trinajstić information content (AvgIpc) is 2.47. The predicted octanol–water partition coefficient (Wildman–Crippen LogP) is 0.757. The normalized spacial score (nSPS) is 17.3. The van der Waals surface area contributed by atoms with E-state index in [4.69, 9.17) is 5.11 Å². The number of nitrogens with one attached hydrogen (secondary N) is 1. The molecule has 2 rings (SSSR count). The van der Waals surface area contributed by atoms with Crippen molar-refractivity contribution in [2.75, 3.05) is 20.1 Å². The molecule has 7 heteroatoms. The van der Waals surface area contributed by atoms with E-state index in [0.29, 0.717) is 0 Å². The number of carboxylic acid groups (broad SMARTS) is 1. The van der Waals surface area contributed by atoms with Gasteiger partial charge in [-0.3, -0.25) is 0 Å². The molecule has 6 nitrogen and oxygen atoms in total.